The average molecular weight is 366 g/mol. The molecule has 0 bridgehead atoms. The van der Waals surface area contributed by atoms with E-state index in [9.17, 15) is 9.59 Å². The minimum Gasteiger partial charge on any atom is -0.494 e. The standard InChI is InChI=1S/C22H26N2O3/c1-16-6-3-4-7-18(16)15-24(2)22(26)8-5-13-27-19-10-11-20-17(14-19)9-12-21(25)23-20/h3-4,6-7,10-11,14H,5,8-9,12-13,15H2,1-2H3,(H,23,25). The molecule has 0 radical (unpaired) electrons. The van der Waals surface area contributed by atoms with Gasteiger partial charge in [0, 0.05) is 32.1 Å². The fourth-order valence-corrected chi connectivity index (χ4v) is 3.19. The lowest BCUT2D eigenvalue weighted by Gasteiger charge is -2.19. The summed E-state index contributed by atoms with van der Waals surface area (Å²) < 4.78 is 5.78. The van der Waals surface area contributed by atoms with Gasteiger partial charge in [-0.3, -0.25) is 9.59 Å². The summed E-state index contributed by atoms with van der Waals surface area (Å²) in [6.07, 6.45) is 2.38. The predicted molar refractivity (Wildman–Crippen MR) is 106 cm³/mol. The zero-order valence-electron chi connectivity index (χ0n) is 16.0. The van der Waals surface area contributed by atoms with Gasteiger partial charge >= 0.3 is 0 Å². The average Bonchev–Trinajstić information content (AvgIpc) is 2.66. The third-order valence-corrected chi connectivity index (χ3v) is 4.87. The molecule has 142 valence electrons. The van der Waals surface area contributed by atoms with Crippen LogP contribution < -0.4 is 10.1 Å². The van der Waals surface area contributed by atoms with E-state index in [0.29, 0.717) is 32.4 Å². The van der Waals surface area contributed by atoms with Crippen LogP contribution >= 0.6 is 0 Å². The van der Waals surface area contributed by atoms with Gasteiger partial charge in [-0.15, -0.1) is 0 Å². The Kier molecular flexibility index (Phi) is 6.12. The molecule has 5 nitrogen and oxygen atoms in total. The Hall–Kier alpha value is -2.82. The highest BCUT2D eigenvalue weighted by molar-refractivity contribution is 5.94. The third-order valence-electron chi connectivity index (χ3n) is 4.87. The summed E-state index contributed by atoms with van der Waals surface area (Å²) in [5.41, 5.74) is 4.34. The highest BCUT2D eigenvalue weighted by Gasteiger charge is 2.15. The Bertz CT molecular complexity index is 832. The number of nitrogens with one attached hydrogen (secondary N) is 1. The molecule has 0 saturated carbocycles. The van der Waals surface area contributed by atoms with E-state index in [1.54, 1.807) is 4.90 Å². The van der Waals surface area contributed by atoms with Gasteiger partial charge in [-0.25, -0.2) is 0 Å². The molecule has 0 atom stereocenters. The van der Waals surface area contributed by atoms with E-state index < -0.39 is 0 Å². The number of ether oxygens (including phenoxy) is 1. The van der Waals surface area contributed by atoms with Crippen molar-refractivity contribution in [2.75, 3.05) is 19.0 Å². The van der Waals surface area contributed by atoms with Crippen molar-refractivity contribution in [1.82, 2.24) is 4.90 Å². The lowest BCUT2D eigenvalue weighted by molar-refractivity contribution is -0.130. The van der Waals surface area contributed by atoms with Crippen molar-refractivity contribution in [2.45, 2.75) is 39.2 Å². The second kappa shape index (κ2) is 8.71. The SMILES string of the molecule is Cc1ccccc1CN(C)C(=O)CCCOc1ccc2c(c1)CCC(=O)N2. The molecule has 1 aliphatic heterocycles. The fourth-order valence-electron chi connectivity index (χ4n) is 3.19. The van der Waals surface area contributed by atoms with Crippen molar-refractivity contribution in [3.63, 3.8) is 0 Å². The molecule has 2 aromatic rings. The van der Waals surface area contributed by atoms with Gasteiger partial charge in [-0.2, -0.15) is 0 Å². The highest BCUT2D eigenvalue weighted by atomic mass is 16.5. The first-order chi connectivity index (χ1) is 13.0. The monoisotopic (exact) mass is 366 g/mol. The molecular formula is C22H26N2O3. The van der Waals surface area contributed by atoms with Crippen molar-refractivity contribution >= 4 is 17.5 Å². The molecule has 5 heteroatoms. The molecule has 2 amide bonds. The lowest BCUT2D eigenvalue weighted by Crippen LogP contribution is -2.26. The van der Waals surface area contributed by atoms with Crippen molar-refractivity contribution in [3.8, 4) is 5.75 Å². The van der Waals surface area contributed by atoms with Gasteiger partial charge in [-0.1, -0.05) is 24.3 Å². The van der Waals surface area contributed by atoms with E-state index in [1.165, 1.54) is 11.1 Å². The van der Waals surface area contributed by atoms with Gasteiger partial charge in [0.25, 0.3) is 0 Å². The second-order valence-electron chi connectivity index (χ2n) is 7.00. The highest BCUT2D eigenvalue weighted by Crippen LogP contribution is 2.26. The molecular weight excluding hydrogens is 340 g/mol. The number of fused-ring (bicyclic) bond motifs is 1. The smallest absolute Gasteiger partial charge is 0.224 e. The normalized spacial score (nSPS) is 12.9. The van der Waals surface area contributed by atoms with Gasteiger partial charge in [-0.05, 0) is 54.7 Å². The van der Waals surface area contributed by atoms with Crippen LogP contribution in [0.2, 0.25) is 0 Å². The minimum atomic E-state index is 0.0597. The molecule has 3 rings (SSSR count). The summed E-state index contributed by atoms with van der Waals surface area (Å²) in [6.45, 7) is 3.18. The van der Waals surface area contributed by atoms with Gasteiger partial charge in [0.2, 0.25) is 11.8 Å². The Labute approximate surface area is 160 Å². The second-order valence-corrected chi connectivity index (χ2v) is 7.00. The molecule has 0 aromatic heterocycles. The molecule has 1 heterocycles. The van der Waals surface area contributed by atoms with Gasteiger partial charge < -0.3 is 15.0 Å². The van der Waals surface area contributed by atoms with Crippen LogP contribution in [-0.4, -0.2) is 30.4 Å². The first-order valence-electron chi connectivity index (χ1n) is 9.37. The number of hydrogen-bond acceptors (Lipinski definition) is 3. The molecule has 0 saturated heterocycles. The van der Waals surface area contributed by atoms with Gasteiger partial charge in [0.05, 0.1) is 6.61 Å². The molecule has 0 fully saturated rings. The Morgan fingerprint density at radius 3 is 2.81 bits per heavy atom. The number of carbonyl (C=O) groups excluding carboxylic acids is 2. The molecule has 27 heavy (non-hydrogen) atoms. The van der Waals surface area contributed by atoms with Gasteiger partial charge in [0.15, 0.2) is 0 Å². The number of nitrogens with zero attached hydrogens (tertiary/aromatic N) is 1. The van der Waals surface area contributed by atoms with Crippen LogP contribution in [0, 0.1) is 6.92 Å². The Morgan fingerprint density at radius 1 is 1.19 bits per heavy atom. The van der Waals surface area contributed by atoms with Crippen molar-refractivity contribution in [1.29, 1.82) is 0 Å². The van der Waals surface area contributed by atoms with Crippen molar-refractivity contribution in [3.05, 3.63) is 59.2 Å². The van der Waals surface area contributed by atoms with Gasteiger partial charge in [0.1, 0.15) is 5.75 Å². The number of amides is 2. The van der Waals surface area contributed by atoms with Crippen LogP contribution in [0.3, 0.4) is 0 Å². The first kappa shape index (κ1) is 19.0. The quantitative estimate of drug-likeness (QED) is 0.760. The summed E-state index contributed by atoms with van der Waals surface area (Å²) in [7, 11) is 1.84. The zero-order chi connectivity index (χ0) is 19.2. The molecule has 0 spiro atoms. The maximum atomic E-state index is 12.3. The third kappa shape index (κ3) is 5.09. The minimum absolute atomic E-state index is 0.0597. The molecule has 0 unspecified atom stereocenters. The maximum absolute atomic E-state index is 12.3. The number of aryl methyl sites for hydroxylation is 2. The number of anilines is 1. The van der Waals surface area contributed by atoms with Crippen molar-refractivity contribution in [2.24, 2.45) is 0 Å². The summed E-state index contributed by atoms with van der Waals surface area (Å²) in [5, 5.41) is 2.86. The predicted octanol–water partition coefficient (Wildman–Crippen LogP) is 3.70. The topological polar surface area (TPSA) is 58.6 Å². The number of rotatable bonds is 7. The van der Waals surface area contributed by atoms with E-state index >= 15 is 0 Å². The summed E-state index contributed by atoms with van der Waals surface area (Å²) >= 11 is 0. The Balaban J connectivity index is 1.42. The molecule has 0 aliphatic carbocycles. The zero-order valence-corrected chi connectivity index (χ0v) is 16.0. The van der Waals surface area contributed by atoms with E-state index in [4.69, 9.17) is 4.74 Å². The van der Waals surface area contributed by atoms with E-state index in [0.717, 1.165) is 23.4 Å². The molecule has 2 aromatic carbocycles. The fraction of sp³-hybridized carbons (Fsp3) is 0.364. The van der Waals surface area contributed by atoms with Crippen LogP contribution in [0.15, 0.2) is 42.5 Å². The van der Waals surface area contributed by atoms with Crippen LogP contribution in [0.25, 0.3) is 0 Å². The number of carbonyl (C=O) groups is 2. The number of hydrogen-bond donors (Lipinski definition) is 1. The van der Waals surface area contributed by atoms with E-state index in [-0.39, 0.29) is 11.8 Å². The summed E-state index contributed by atoms with van der Waals surface area (Å²) in [6, 6.07) is 13.8. The lowest BCUT2D eigenvalue weighted by atomic mass is 10.0. The first-order valence-corrected chi connectivity index (χ1v) is 9.37. The van der Waals surface area contributed by atoms with Crippen LogP contribution in [0.5, 0.6) is 5.75 Å². The Morgan fingerprint density at radius 2 is 2.00 bits per heavy atom. The number of benzene rings is 2. The van der Waals surface area contributed by atoms with Crippen molar-refractivity contribution < 1.29 is 14.3 Å². The summed E-state index contributed by atoms with van der Waals surface area (Å²) in [5.74, 6) is 0.963. The summed E-state index contributed by atoms with van der Waals surface area (Å²) in [4.78, 5) is 25.5. The van der Waals surface area contributed by atoms with E-state index in [1.807, 2.05) is 37.4 Å². The molecule has 1 aliphatic rings. The van der Waals surface area contributed by atoms with Crippen LogP contribution in [0.4, 0.5) is 5.69 Å². The van der Waals surface area contributed by atoms with Crippen LogP contribution in [0.1, 0.15) is 36.0 Å². The van der Waals surface area contributed by atoms with Crippen LogP contribution in [-0.2, 0) is 22.6 Å². The van der Waals surface area contributed by atoms with E-state index in [2.05, 4.69) is 24.4 Å². The largest absolute Gasteiger partial charge is 0.494 e. The maximum Gasteiger partial charge on any atom is 0.224 e. The molecule has 1 N–H and O–H groups in total.